The highest BCUT2D eigenvalue weighted by Gasteiger charge is 2.18. The van der Waals surface area contributed by atoms with Gasteiger partial charge in [0.05, 0.1) is 5.33 Å². The molecule has 0 aromatic rings. The molecular weight excluding hydrogens is 1010 g/mol. The Bertz CT molecular complexity index is 1610. The van der Waals surface area contributed by atoms with Crippen LogP contribution < -0.4 is 11.4 Å². The highest BCUT2D eigenvalue weighted by molar-refractivity contribution is 9.09. The van der Waals surface area contributed by atoms with Gasteiger partial charge in [-0.1, -0.05) is 76.5 Å². The van der Waals surface area contributed by atoms with Crippen molar-refractivity contribution in [3.8, 4) is 0 Å². The Morgan fingerprint density at radius 1 is 0.534 bits per heavy atom. The number of oxime groups is 1. The van der Waals surface area contributed by atoms with E-state index >= 15 is 0 Å². The van der Waals surface area contributed by atoms with Crippen molar-refractivity contribution in [2.45, 2.75) is 218 Å². The molecule has 0 fully saturated rings. The third-order valence-corrected chi connectivity index (χ3v) is 11.0. The number of ether oxygens (including phenoxy) is 3. The first kappa shape index (κ1) is 77.8. The van der Waals surface area contributed by atoms with Gasteiger partial charge in [0.1, 0.15) is 59.9 Å². The number of rotatable bonds is 34. The molecule has 0 saturated carbocycles. The van der Waals surface area contributed by atoms with E-state index < -0.39 is 23.3 Å². The highest BCUT2D eigenvalue weighted by Crippen LogP contribution is 2.13. The Balaban J connectivity index is -0.000000270. The number of nitrogens with zero attached hydrogens (tertiary/aromatic N) is 1. The van der Waals surface area contributed by atoms with Crippen molar-refractivity contribution in [2.24, 2.45) is 34.7 Å². The predicted molar refractivity (Wildman–Crippen MR) is 285 cm³/mol. The SMILES string of the molecule is C/C=N/OCC(=O)CCCC(=O)C(C)CC.CC(C)(C)OC(=O)NO.CCC(C)C(=O)CCCC(=O)CBr.CCC(C)C(=O)CCCC(=O)COCC(=O)OC(C)(C)C.CCC(C)C(=O)CCCC(=O)CON. The number of hydrogen-bond donors (Lipinski definition) is 3. The number of ketones is 8. The van der Waals surface area contributed by atoms with Crippen LogP contribution in [-0.4, -0.2) is 113 Å². The summed E-state index contributed by atoms with van der Waals surface area (Å²) in [5, 5.41) is 11.9. The molecule has 0 aliphatic heterocycles. The fraction of sp³-hybridized carbons (Fsp3) is 0.792. The number of amides is 1. The fourth-order valence-corrected chi connectivity index (χ4v) is 5.50. The molecule has 0 saturated heterocycles. The first-order valence-corrected chi connectivity index (χ1v) is 26.7. The Hall–Kier alpha value is -4.11. The molecule has 4 atom stereocenters. The molecule has 0 aliphatic carbocycles. The molecule has 4 N–H and O–H groups in total. The van der Waals surface area contributed by atoms with Gasteiger partial charge in [0.2, 0.25) is 0 Å². The Morgan fingerprint density at radius 2 is 0.863 bits per heavy atom. The molecular formula is C53H96BrN3O16. The number of alkyl halides is 1. The first-order valence-electron chi connectivity index (χ1n) is 25.5. The standard InChI is InChI=1S/C16H28O5.C12H21NO3.C10H17BrO2.C10H19NO3.C5H11NO3/c1-6-12(2)14(18)9-7-8-13(17)10-20-11-15(19)21-16(3,4)5;1-4-10(3)12(15)8-6-7-11(14)9-16-13-5-2;1-3-8(2)10(13)6-4-5-9(12)7-11;1-3-8(2)10(13)6-4-5-9(12)7-14-11;1-5(2,3)9-4(7)6-8/h12H,6-11H2,1-5H3;5,10H,4,6-9H2,1-3H3;8H,3-7H2,1-2H3;8H,3-7,11H2,1-2H3;8H,1-3H3,(H,6,7)/b;13-5+;;;. The summed E-state index contributed by atoms with van der Waals surface area (Å²) in [6, 6.07) is 0. The van der Waals surface area contributed by atoms with Crippen molar-refractivity contribution in [1.29, 1.82) is 0 Å². The van der Waals surface area contributed by atoms with Crippen LogP contribution in [0.2, 0.25) is 0 Å². The second kappa shape index (κ2) is 48.8. The van der Waals surface area contributed by atoms with Crippen LogP contribution in [0, 0.1) is 23.7 Å². The highest BCUT2D eigenvalue weighted by atomic mass is 79.9. The van der Waals surface area contributed by atoms with Gasteiger partial charge in [-0.2, -0.15) is 0 Å². The number of nitrogens with two attached hydrogens (primary N) is 1. The molecule has 1 amide bonds. The van der Waals surface area contributed by atoms with Gasteiger partial charge in [0.15, 0.2) is 24.0 Å². The molecule has 0 radical (unpaired) electrons. The topological polar surface area (TPSA) is 287 Å². The van der Waals surface area contributed by atoms with Gasteiger partial charge in [0.25, 0.3) is 0 Å². The minimum atomic E-state index is -0.831. The normalized spacial score (nSPS) is 12.4. The van der Waals surface area contributed by atoms with E-state index in [2.05, 4.69) is 30.7 Å². The second-order valence-electron chi connectivity index (χ2n) is 19.4. The number of Topliss-reactive ketones (excluding diaryl/α,β-unsaturated/α-hetero) is 8. The summed E-state index contributed by atoms with van der Waals surface area (Å²) in [7, 11) is 0. The third kappa shape index (κ3) is 57.0. The molecule has 426 valence electrons. The lowest BCUT2D eigenvalue weighted by Gasteiger charge is -2.19. The summed E-state index contributed by atoms with van der Waals surface area (Å²) in [6.45, 7) is 27.4. The van der Waals surface area contributed by atoms with E-state index in [9.17, 15) is 47.9 Å². The quantitative estimate of drug-likeness (QED) is 0.0177. The van der Waals surface area contributed by atoms with E-state index in [-0.39, 0.29) is 96.4 Å². The Kier molecular flexibility index (Phi) is 52.0. The summed E-state index contributed by atoms with van der Waals surface area (Å²) in [5.74, 6) is 5.64. The Morgan fingerprint density at radius 3 is 1.14 bits per heavy atom. The van der Waals surface area contributed by atoms with Gasteiger partial charge < -0.3 is 19.0 Å². The van der Waals surface area contributed by atoms with Crippen molar-refractivity contribution in [3.05, 3.63) is 0 Å². The van der Waals surface area contributed by atoms with E-state index in [1.54, 1.807) is 48.5 Å². The number of carbonyl (C=O) groups excluding carboxylic acids is 10. The van der Waals surface area contributed by atoms with Gasteiger partial charge in [-0.15, -0.1) is 0 Å². The number of hydroxylamine groups is 1. The molecule has 19 nitrogen and oxygen atoms in total. The van der Waals surface area contributed by atoms with Gasteiger partial charge in [0, 0.05) is 81.3 Å². The van der Waals surface area contributed by atoms with E-state index in [4.69, 9.17) is 25.4 Å². The maximum atomic E-state index is 11.6. The maximum absolute atomic E-state index is 11.6. The van der Waals surface area contributed by atoms with Crippen LogP contribution in [0.15, 0.2) is 5.16 Å². The monoisotopic (exact) mass is 1110 g/mol. The lowest BCUT2D eigenvalue weighted by molar-refractivity contribution is -0.160. The molecule has 4 unspecified atom stereocenters. The first-order chi connectivity index (χ1) is 33.9. The smallest absolute Gasteiger partial charge is 0.431 e. The molecule has 0 heterocycles. The van der Waals surface area contributed by atoms with Crippen molar-refractivity contribution in [2.75, 3.05) is 31.8 Å². The number of nitrogens with one attached hydrogen (secondary N) is 1. The van der Waals surface area contributed by atoms with Crippen LogP contribution >= 0.6 is 15.9 Å². The van der Waals surface area contributed by atoms with Crippen LogP contribution in [0.25, 0.3) is 0 Å². The molecule has 0 aromatic heterocycles. The van der Waals surface area contributed by atoms with Gasteiger partial charge in [-0.25, -0.2) is 21.0 Å². The minimum Gasteiger partial charge on any atom is -0.458 e. The van der Waals surface area contributed by atoms with E-state index in [0.717, 1.165) is 25.7 Å². The zero-order chi connectivity index (χ0) is 57.6. The number of carbonyl (C=O) groups is 10. The molecule has 20 heteroatoms. The summed E-state index contributed by atoms with van der Waals surface area (Å²) < 4.78 is 14.7. The van der Waals surface area contributed by atoms with Crippen LogP contribution in [0.1, 0.15) is 207 Å². The molecule has 73 heavy (non-hydrogen) atoms. The number of halogens is 1. The number of hydrogen-bond acceptors (Lipinski definition) is 18. The minimum absolute atomic E-state index is 0.00185. The van der Waals surface area contributed by atoms with E-state index in [0.29, 0.717) is 82.4 Å². The summed E-state index contributed by atoms with van der Waals surface area (Å²) in [5.41, 5.74) is 0.257. The van der Waals surface area contributed by atoms with Gasteiger partial charge in [-0.05, 0) is 99.8 Å². The fourth-order valence-electron chi connectivity index (χ4n) is 5.22. The summed E-state index contributed by atoms with van der Waals surface area (Å²) >= 11 is 3.09. The summed E-state index contributed by atoms with van der Waals surface area (Å²) in [6.07, 6.45) is 10.1. The predicted octanol–water partition coefficient (Wildman–Crippen LogP) is 9.93. The second-order valence-corrected chi connectivity index (χ2v) is 20.0. The molecule has 0 rings (SSSR count). The largest absolute Gasteiger partial charge is 0.458 e. The molecule has 0 aromatic carbocycles. The van der Waals surface area contributed by atoms with Crippen molar-refractivity contribution < 1.29 is 77.0 Å². The van der Waals surface area contributed by atoms with Crippen LogP contribution in [-0.2, 0) is 67.0 Å². The third-order valence-electron chi connectivity index (χ3n) is 10.4. The van der Waals surface area contributed by atoms with Crippen molar-refractivity contribution in [3.63, 3.8) is 0 Å². The molecule has 0 spiro atoms. The average molecular weight is 1110 g/mol. The molecule has 0 aliphatic rings. The zero-order valence-corrected chi connectivity index (χ0v) is 48.8. The van der Waals surface area contributed by atoms with Gasteiger partial charge in [-0.3, -0.25) is 48.4 Å². The van der Waals surface area contributed by atoms with Crippen LogP contribution in [0.5, 0.6) is 0 Å². The molecule has 0 bridgehead atoms. The van der Waals surface area contributed by atoms with E-state index in [1.165, 1.54) is 11.7 Å². The zero-order valence-electron chi connectivity index (χ0n) is 47.2. The van der Waals surface area contributed by atoms with Crippen LogP contribution in [0.3, 0.4) is 0 Å². The van der Waals surface area contributed by atoms with Gasteiger partial charge >= 0.3 is 12.1 Å². The summed E-state index contributed by atoms with van der Waals surface area (Å²) in [4.78, 5) is 121. The Labute approximate surface area is 445 Å². The number of esters is 1. The lowest BCUT2D eigenvalue weighted by Crippen LogP contribution is -2.30. The maximum Gasteiger partial charge on any atom is 0.431 e. The van der Waals surface area contributed by atoms with Crippen LogP contribution in [0.4, 0.5) is 4.79 Å². The van der Waals surface area contributed by atoms with E-state index in [1.807, 2.05) is 55.4 Å². The van der Waals surface area contributed by atoms with Crippen molar-refractivity contribution in [1.82, 2.24) is 5.48 Å². The lowest BCUT2D eigenvalue weighted by atomic mass is 9.99. The van der Waals surface area contributed by atoms with Crippen molar-refractivity contribution >= 4 is 80.5 Å². The average Bonchev–Trinajstić information content (AvgIpc) is 3.32.